The second-order valence-corrected chi connectivity index (χ2v) is 5.48. The molecule has 0 saturated carbocycles. The summed E-state index contributed by atoms with van der Waals surface area (Å²) in [6.45, 7) is -0.359. The van der Waals surface area contributed by atoms with E-state index in [1.165, 1.54) is 12.1 Å². The van der Waals surface area contributed by atoms with E-state index in [1.807, 2.05) is 0 Å². The van der Waals surface area contributed by atoms with Crippen LogP contribution in [0.4, 0.5) is 13.2 Å². The predicted molar refractivity (Wildman–Crippen MR) is 83.0 cm³/mol. The van der Waals surface area contributed by atoms with Crippen LogP contribution in [0.5, 0.6) is 0 Å². The van der Waals surface area contributed by atoms with Crippen LogP contribution >= 0.6 is 0 Å². The average Bonchev–Trinajstić information content (AvgIpc) is 2.79. The zero-order valence-electron chi connectivity index (χ0n) is 12.7. The summed E-state index contributed by atoms with van der Waals surface area (Å²) in [5, 5.41) is 10.0. The van der Waals surface area contributed by atoms with Gasteiger partial charge in [-0.15, -0.1) is 0 Å². The summed E-state index contributed by atoms with van der Waals surface area (Å²) >= 11 is 0. The van der Waals surface area contributed by atoms with Gasteiger partial charge in [-0.3, -0.25) is 14.5 Å². The Hall–Kier alpha value is -3.09. The van der Waals surface area contributed by atoms with Gasteiger partial charge in [-0.05, 0) is 23.3 Å². The largest absolute Gasteiger partial charge is 0.502 e. The van der Waals surface area contributed by atoms with E-state index in [0.29, 0.717) is 5.56 Å². The fourth-order valence-corrected chi connectivity index (χ4v) is 2.60. The fourth-order valence-electron chi connectivity index (χ4n) is 2.60. The topological polar surface area (TPSA) is 57.6 Å². The number of aliphatic hydroxyl groups is 1. The first-order chi connectivity index (χ1) is 11.8. The number of alkyl halides is 3. The molecule has 1 aliphatic rings. The molecule has 0 aliphatic carbocycles. The molecule has 0 spiro atoms. The molecule has 2 aromatic rings. The number of hydrogen-bond donors (Lipinski definition) is 1. The monoisotopic (exact) mass is 347 g/mol. The second kappa shape index (κ2) is 6.08. The first kappa shape index (κ1) is 16.8. The van der Waals surface area contributed by atoms with Crippen LogP contribution in [0.15, 0.2) is 60.4 Å². The quantitative estimate of drug-likeness (QED) is 0.864. The summed E-state index contributed by atoms with van der Waals surface area (Å²) in [5.74, 6) is -2.38. The van der Waals surface area contributed by atoms with Crippen LogP contribution in [-0.4, -0.2) is 21.8 Å². The molecule has 0 radical (unpaired) electrons. The Morgan fingerprint density at radius 3 is 2.24 bits per heavy atom. The molecule has 0 fully saturated rings. The van der Waals surface area contributed by atoms with Crippen molar-refractivity contribution in [2.75, 3.05) is 0 Å². The van der Waals surface area contributed by atoms with Gasteiger partial charge in [0.15, 0.2) is 5.76 Å². The van der Waals surface area contributed by atoms with Gasteiger partial charge in [0.25, 0.3) is 11.8 Å². The lowest BCUT2D eigenvalue weighted by molar-refractivity contribution is -0.138. The second-order valence-electron chi connectivity index (χ2n) is 5.48. The third-order valence-corrected chi connectivity index (χ3v) is 3.80. The fraction of sp³-hybridized carbons (Fsp3) is 0.111. The van der Waals surface area contributed by atoms with Gasteiger partial charge in [-0.25, -0.2) is 0 Å². The Morgan fingerprint density at radius 2 is 1.60 bits per heavy atom. The number of carbonyl (C=O) groups is 2. The van der Waals surface area contributed by atoms with Crippen molar-refractivity contribution in [3.63, 3.8) is 0 Å². The minimum atomic E-state index is -4.52. The first-order valence-corrected chi connectivity index (χ1v) is 7.30. The van der Waals surface area contributed by atoms with Gasteiger partial charge in [0, 0.05) is 0 Å². The standard InChI is InChI=1S/C18H12F3NO3/c19-18(20,21)13-8-4-5-11(9-13)10-22-16(24)14(15(23)17(22)25)12-6-2-1-3-7-12/h1-9,23H,10H2. The smallest absolute Gasteiger partial charge is 0.416 e. The van der Waals surface area contributed by atoms with Gasteiger partial charge < -0.3 is 5.11 Å². The van der Waals surface area contributed by atoms with E-state index in [2.05, 4.69) is 0 Å². The maximum atomic E-state index is 12.8. The number of rotatable bonds is 3. The third-order valence-electron chi connectivity index (χ3n) is 3.80. The molecular formula is C18H12F3NO3. The number of amides is 2. The zero-order chi connectivity index (χ0) is 18.2. The van der Waals surface area contributed by atoms with Crippen LogP contribution in [0.2, 0.25) is 0 Å². The van der Waals surface area contributed by atoms with Crippen molar-refractivity contribution in [3.8, 4) is 0 Å². The van der Waals surface area contributed by atoms with Crippen LogP contribution in [0.1, 0.15) is 16.7 Å². The highest BCUT2D eigenvalue weighted by Gasteiger charge is 2.39. The normalized spacial score (nSPS) is 15.2. The SMILES string of the molecule is O=C1C(O)=C(c2ccccc2)C(=O)N1Cc1cccc(C(F)(F)F)c1. The Bertz CT molecular complexity index is 873. The number of benzene rings is 2. The Morgan fingerprint density at radius 1 is 0.920 bits per heavy atom. The van der Waals surface area contributed by atoms with E-state index in [0.717, 1.165) is 17.0 Å². The van der Waals surface area contributed by atoms with Gasteiger partial charge in [0.2, 0.25) is 0 Å². The molecule has 0 aromatic heterocycles. The highest BCUT2D eigenvalue weighted by atomic mass is 19.4. The van der Waals surface area contributed by atoms with Crippen molar-refractivity contribution in [2.45, 2.75) is 12.7 Å². The molecule has 3 rings (SSSR count). The van der Waals surface area contributed by atoms with Crippen LogP contribution < -0.4 is 0 Å². The van der Waals surface area contributed by atoms with E-state index in [1.54, 1.807) is 30.3 Å². The Kier molecular flexibility index (Phi) is 4.08. The number of hydrogen-bond acceptors (Lipinski definition) is 3. The van der Waals surface area contributed by atoms with Crippen LogP contribution in [0.25, 0.3) is 5.57 Å². The number of carbonyl (C=O) groups excluding carboxylic acids is 2. The molecule has 0 unspecified atom stereocenters. The minimum Gasteiger partial charge on any atom is -0.502 e. The molecule has 1 N–H and O–H groups in total. The molecule has 2 aromatic carbocycles. The molecule has 1 heterocycles. The summed E-state index contributed by atoms with van der Waals surface area (Å²) in [6, 6.07) is 12.5. The van der Waals surface area contributed by atoms with E-state index in [9.17, 15) is 27.9 Å². The summed E-state index contributed by atoms with van der Waals surface area (Å²) in [6.07, 6.45) is -4.52. The maximum Gasteiger partial charge on any atom is 0.416 e. The maximum absolute atomic E-state index is 12.8. The number of halogens is 3. The van der Waals surface area contributed by atoms with Crippen LogP contribution in [0.3, 0.4) is 0 Å². The molecule has 2 amide bonds. The zero-order valence-corrected chi connectivity index (χ0v) is 12.7. The summed E-state index contributed by atoms with van der Waals surface area (Å²) in [7, 11) is 0. The highest BCUT2D eigenvalue weighted by molar-refractivity contribution is 6.34. The van der Waals surface area contributed by atoms with Gasteiger partial charge in [0.05, 0.1) is 17.7 Å². The molecule has 25 heavy (non-hydrogen) atoms. The van der Waals surface area contributed by atoms with E-state index in [4.69, 9.17) is 0 Å². The Labute approximate surface area is 140 Å². The van der Waals surface area contributed by atoms with Crippen LogP contribution in [0, 0.1) is 0 Å². The summed E-state index contributed by atoms with van der Waals surface area (Å²) in [5.41, 5.74) is -0.523. The molecule has 128 valence electrons. The lowest BCUT2D eigenvalue weighted by Crippen LogP contribution is -2.31. The highest BCUT2D eigenvalue weighted by Crippen LogP contribution is 2.32. The minimum absolute atomic E-state index is 0.138. The van der Waals surface area contributed by atoms with E-state index < -0.39 is 29.3 Å². The number of nitrogens with zero attached hydrogens (tertiary/aromatic N) is 1. The number of imide groups is 1. The van der Waals surface area contributed by atoms with Gasteiger partial charge >= 0.3 is 6.18 Å². The van der Waals surface area contributed by atoms with Crippen LogP contribution in [-0.2, 0) is 22.3 Å². The van der Waals surface area contributed by atoms with Crippen molar-refractivity contribution in [1.82, 2.24) is 4.90 Å². The molecular weight excluding hydrogens is 335 g/mol. The first-order valence-electron chi connectivity index (χ1n) is 7.30. The summed E-state index contributed by atoms with van der Waals surface area (Å²) < 4.78 is 38.4. The Balaban J connectivity index is 1.89. The lowest BCUT2D eigenvalue weighted by atomic mass is 10.1. The van der Waals surface area contributed by atoms with E-state index in [-0.39, 0.29) is 17.7 Å². The van der Waals surface area contributed by atoms with Crippen molar-refractivity contribution in [1.29, 1.82) is 0 Å². The molecule has 0 atom stereocenters. The third kappa shape index (κ3) is 3.13. The summed E-state index contributed by atoms with van der Waals surface area (Å²) in [4.78, 5) is 25.4. The lowest BCUT2D eigenvalue weighted by Gasteiger charge is -2.16. The molecule has 0 saturated heterocycles. The van der Waals surface area contributed by atoms with Crippen molar-refractivity contribution in [2.24, 2.45) is 0 Å². The van der Waals surface area contributed by atoms with Crippen molar-refractivity contribution < 1.29 is 27.9 Å². The average molecular weight is 347 g/mol. The van der Waals surface area contributed by atoms with Gasteiger partial charge in [-0.2, -0.15) is 13.2 Å². The molecule has 1 aliphatic heterocycles. The van der Waals surface area contributed by atoms with Crippen molar-refractivity contribution >= 4 is 17.4 Å². The molecule has 4 nitrogen and oxygen atoms in total. The van der Waals surface area contributed by atoms with E-state index >= 15 is 0 Å². The van der Waals surface area contributed by atoms with Gasteiger partial charge in [-0.1, -0.05) is 42.5 Å². The number of aliphatic hydroxyl groups excluding tert-OH is 1. The molecule has 7 heteroatoms. The predicted octanol–water partition coefficient (Wildman–Crippen LogP) is 3.54. The van der Waals surface area contributed by atoms with Gasteiger partial charge in [0.1, 0.15) is 0 Å². The van der Waals surface area contributed by atoms with Crippen molar-refractivity contribution in [3.05, 3.63) is 77.0 Å². The molecule has 0 bridgehead atoms.